The molecule has 1 aliphatic carbocycles. The van der Waals surface area contributed by atoms with E-state index in [1.807, 2.05) is 0 Å². The van der Waals surface area contributed by atoms with E-state index in [2.05, 4.69) is 17.6 Å². The minimum absolute atomic E-state index is 0.0128. The molecular weight excluding hydrogens is 392 g/mol. The van der Waals surface area contributed by atoms with Gasteiger partial charge in [-0.1, -0.05) is 18.5 Å². The molecule has 2 aliphatic rings. The number of halogens is 1. The number of fused-ring (bicyclic) bond motifs is 1. The highest BCUT2D eigenvalue weighted by Crippen LogP contribution is 2.36. The van der Waals surface area contributed by atoms with Crippen molar-refractivity contribution in [2.45, 2.75) is 50.0 Å². The number of rotatable bonds is 5. The average molecular weight is 415 g/mol. The first kappa shape index (κ1) is 19.9. The number of sulfone groups is 1. The molecule has 0 radical (unpaired) electrons. The van der Waals surface area contributed by atoms with Gasteiger partial charge in [0.1, 0.15) is 5.75 Å². The van der Waals surface area contributed by atoms with Gasteiger partial charge in [-0.3, -0.25) is 9.59 Å². The smallest absolute Gasteiger partial charge is 0.262 e. The molecule has 1 heterocycles. The molecule has 7 nitrogen and oxygen atoms in total. The zero-order chi connectivity index (χ0) is 19.6. The van der Waals surface area contributed by atoms with Crippen molar-refractivity contribution >= 4 is 38.9 Å². The van der Waals surface area contributed by atoms with Gasteiger partial charge < -0.3 is 15.4 Å². The van der Waals surface area contributed by atoms with Gasteiger partial charge in [0.25, 0.3) is 5.91 Å². The Morgan fingerprint density at radius 3 is 2.70 bits per heavy atom. The zero-order valence-corrected chi connectivity index (χ0v) is 16.7. The summed E-state index contributed by atoms with van der Waals surface area (Å²) < 4.78 is 30.5. The first-order valence-corrected chi connectivity index (χ1v) is 11.1. The Morgan fingerprint density at radius 2 is 2.00 bits per heavy atom. The normalized spacial score (nSPS) is 22.4. The standard InChI is InChI=1S/C18H23ClN2O5S/c1-11-2-4-12(5-3-11)20-17(22)6-7-27(24,25)16-9-15-14(8-13(16)19)21-18(23)10-26-15/h8-9,11-12H,2-7,10H2,1H3,(H,20,22)(H,21,23). The second-order valence-electron chi connectivity index (χ2n) is 7.21. The summed E-state index contributed by atoms with van der Waals surface area (Å²) in [5.41, 5.74) is 0.333. The van der Waals surface area contributed by atoms with Crippen LogP contribution in [0.15, 0.2) is 17.0 Å². The molecule has 2 amide bonds. The fraction of sp³-hybridized carbons (Fsp3) is 0.556. The molecule has 9 heteroatoms. The van der Waals surface area contributed by atoms with Crippen molar-refractivity contribution in [3.05, 3.63) is 17.2 Å². The maximum atomic E-state index is 12.6. The van der Waals surface area contributed by atoms with Crippen molar-refractivity contribution in [1.82, 2.24) is 5.32 Å². The predicted octanol–water partition coefficient (Wildman–Crippen LogP) is 2.53. The van der Waals surface area contributed by atoms with Crippen LogP contribution in [0.1, 0.15) is 39.0 Å². The number of hydrogen-bond acceptors (Lipinski definition) is 5. The molecule has 1 fully saturated rings. The largest absolute Gasteiger partial charge is 0.482 e. The van der Waals surface area contributed by atoms with Crippen LogP contribution in [-0.2, 0) is 19.4 Å². The van der Waals surface area contributed by atoms with E-state index in [9.17, 15) is 18.0 Å². The molecule has 3 rings (SSSR count). The minimum atomic E-state index is -3.77. The van der Waals surface area contributed by atoms with E-state index in [-0.39, 0.29) is 52.3 Å². The Kier molecular flexibility index (Phi) is 5.95. The Morgan fingerprint density at radius 1 is 1.30 bits per heavy atom. The molecular formula is C18H23ClN2O5S. The van der Waals surface area contributed by atoms with Gasteiger partial charge in [-0.05, 0) is 37.7 Å². The summed E-state index contributed by atoms with van der Waals surface area (Å²) in [4.78, 5) is 23.4. The van der Waals surface area contributed by atoms with Gasteiger partial charge in [-0.15, -0.1) is 0 Å². The summed E-state index contributed by atoms with van der Waals surface area (Å²) in [6.45, 7) is 2.01. The number of anilines is 1. The molecule has 1 aromatic rings. The van der Waals surface area contributed by atoms with Gasteiger partial charge in [0.15, 0.2) is 16.4 Å². The average Bonchev–Trinajstić information content (AvgIpc) is 2.61. The lowest BCUT2D eigenvalue weighted by atomic mass is 9.87. The lowest BCUT2D eigenvalue weighted by Gasteiger charge is -2.26. The number of carbonyl (C=O) groups excluding carboxylic acids is 2. The van der Waals surface area contributed by atoms with Crippen molar-refractivity contribution in [2.24, 2.45) is 5.92 Å². The highest BCUT2D eigenvalue weighted by Gasteiger charge is 2.26. The lowest BCUT2D eigenvalue weighted by molar-refractivity contribution is -0.121. The Balaban J connectivity index is 1.63. The van der Waals surface area contributed by atoms with Crippen LogP contribution in [0.3, 0.4) is 0 Å². The van der Waals surface area contributed by atoms with E-state index in [1.165, 1.54) is 12.1 Å². The molecule has 0 atom stereocenters. The number of ether oxygens (including phenoxy) is 1. The maximum absolute atomic E-state index is 12.6. The monoisotopic (exact) mass is 414 g/mol. The first-order chi connectivity index (χ1) is 12.7. The number of hydrogen-bond donors (Lipinski definition) is 2. The summed E-state index contributed by atoms with van der Waals surface area (Å²) in [6, 6.07) is 2.78. The highest BCUT2D eigenvalue weighted by atomic mass is 35.5. The fourth-order valence-corrected chi connectivity index (χ4v) is 5.19. The summed E-state index contributed by atoms with van der Waals surface area (Å²) in [7, 11) is -3.77. The summed E-state index contributed by atoms with van der Waals surface area (Å²) in [6.07, 6.45) is 3.88. The second-order valence-corrected chi connectivity index (χ2v) is 9.69. The fourth-order valence-electron chi connectivity index (χ4n) is 3.36. The van der Waals surface area contributed by atoms with Crippen molar-refractivity contribution in [1.29, 1.82) is 0 Å². The van der Waals surface area contributed by atoms with Crippen molar-refractivity contribution in [3.8, 4) is 5.75 Å². The molecule has 0 unspecified atom stereocenters. The third kappa shape index (κ3) is 4.93. The number of carbonyl (C=O) groups is 2. The molecule has 0 aromatic heterocycles. The van der Waals surface area contributed by atoms with E-state index >= 15 is 0 Å². The van der Waals surface area contributed by atoms with Gasteiger partial charge >= 0.3 is 0 Å². The summed E-state index contributed by atoms with van der Waals surface area (Å²) >= 11 is 6.09. The van der Waals surface area contributed by atoms with Crippen LogP contribution in [0.2, 0.25) is 5.02 Å². The van der Waals surface area contributed by atoms with Gasteiger partial charge in [-0.2, -0.15) is 0 Å². The van der Waals surface area contributed by atoms with Gasteiger partial charge in [0.2, 0.25) is 5.91 Å². The SMILES string of the molecule is CC1CCC(NC(=O)CCS(=O)(=O)c2cc3c(cc2Cl)NC(=O)CO3)CC1. The van der Waals surface area contributed by atoms with Crippen molar-refractivity contribution < 1.29 is 22.7 Å². The molecule has 0 bridgehead atoms. The first-order valence-electron chi connectivity index (χ1n) is 9.03. The van der Waals surface area contributed by atoms with Crippen LogP contribution in [0.25, 0.3) is 0 Å². The molecule has 0 saturated heterocycles. The van der Waals surface area contributed by atoms with E-state index < -0.39 is 9.84 Å². The number of benzene rings is 1. The molecule has 1 saturated carbocycles. The van der Waals surface area contributed by atoms with Crippen LogP contribution < -0.4 is 15.4 Å². The Bertz CT molecular complexity index is 848. The molecule has 2 N–H and O–H groups in total. The quantitative estimate of drug-likeness (QED) is 0.770. The molecule has 0 spiro atoms. The minimum Gasteiger partial charge on any atom is -0.482 e. The van der Waals surface area contributed by atoms with Crippen LogP contribution in [0.5, 0.6) is 5.75 Å². The lowest BCUT2D eigenvalue weighted by Crippen LogP contribution is -2.38. The van der Waals surface area contributed by atoms with Crippen molar-refractivity contribution in [2.75, 3.05) is 17.7 Å². The van der Waals surface area contributed by atoms with Gasteiger partial charge in [0.05, 0.1) is 21.4 Å². The molecule has 1 aromatic carbocycles. The van der Waals surface area contributed by atoms with E-state index in [0.717, 1.165) is 25.7 Å². The van der Waals surface area contributed by atoms with Gasteiger partial charge in [0, 0.05) is 18.5 Å². The van der Waals surface area contributed by atoms with E-state index in [0.29, 0.717) is 11.6 Å². The summed E-state index contributed by atoms with van der Waals surface area (Å²) in [5, 5.41) is 5.48. The highest BCUT2D eigenvalue weighted by molar-refractivity contribution is 7.91. The number of nitrogens with one attached hydrogen (secondary N) is 2. The van der Waals surface area contributed by atoms with Gasteiger partial charge in [-0.25, -0.2) is 8.42 Å². The van der Waals surface area contributed by atoms with Crippen LogP contribution in [0.4, 0.5) is 5.69 Å². The topological polar surface area (TPSA) is 102 Å². The Hall–Kier alpha value is -1.80. The predicted molar refractivity (Wildman–Crippen MR) is 102 cm³/mol. The van der Waals surface area contributed by atoms with Crippen LogP contribution in [0, 0.1) is 5.92 Å². The molecule has 27 heavy (non-hydrogen) atoms. The zero-order valence-electron chi connectivity index (χ0n) is 15.1. The van der Waals surface area contributed by atoms with Crippen molar-refractivity contribution in [3.63, 3.8) is 0 Å². The third-order valence-corrected chi connectivity index (χ3v) is 7.16. The second kappa shape index (κ2) is 8.06. The van der Waals surface area contributed by atoms with Crippen LogP contribution >= 0.6 is 11.6 Å². The van der Waals surface area contributed by atoms with E-state index in [1.54, 1.807) is 0 Å². The van der Waals surface area contributed by atoms with Crippen LogP contribution in [-0.4, -0.2) is 38.6 Å². The molecule has 148 valence electrons. The number of amides is 2. The maximum Gasteiger partial charge on any atom is 0.262 e. The molecule has 1 aliphatic heterocycles. The summed E-state index contributed by atoms with van der Waals surface area (Å²) in [5.74, 6) is -0.0129. The Labute approximate surface area is 163 Å². The van der Waals surface area contributed by atoms with E-state index in [4.69, 9.17) is 16.3 Å². The third-order valence-electron chi connectivity index (χ3n) is 4.98.